The van der Waals surface area contributed by atoms with E-state index in [-0.39, 0.29) is 6.79 Å². The maximum atomic E-state index is 5.38. The maximum absolute atomic E-state index is 5.38. The van der Waals surface area contributed by atoms with Crippen molar-refractivity contribution >= 4 is 23.0 Å². The lowest BCUT2D eigenvalue weighted by Gasteiger charge is -2.35. The summed E-state index contributed by atoms with van der Waals surface area (Å²) < 4.78 is 10.7. The Morgan fingerprint density at radius 3 is 3.04 bits per heavy atom. The average molecular weight is 350 g/mol. The summed E-state index contributed by atoms with van der Waals surface area (Å²) in [7, 11) is 0. The highest BCUT2D eigenvalue weighted by Crippen LogP contribution is 2.34. The number of nitrogens with one attached hydrogen (secondary N) is 2. The molecule has 5 nitrogen and oxygen atoms in total. The van der Waals surface area contributed by atoms with Crippen LogP contribution in [0, 0.1) is 0 Å². The summed E-state index contributed by atoms with van der Waals surface area (Å²) in [6, 6.07) is 6.53. The number of ether oxygens (including phenoxy) is 2. The van der Waals surface area contributed by atoms with Gasteiger partial charge in [0.2, 0.25) is 6.79 Å². The Bertz CT molecular complexity index is 567. The molecule has 6 heteroatoms. The normalized spacial score (nSPS) is 20.0. The van der Waals surface area contributed by atoms with E-state index < -0.39 is 0 Å². The first-order valence-electron chi connectivity index (χ1n) is 8.95. The van der Waals surface area contributed by atoms with Gasteiger partial charge in [0.25, 0.3) is 0 Å². The first-order valence-corrected chi connectivity index (χ1v) is 9.35. The van der Waals surface area contributed by atoms with Crippen molar-refractivity contribution < 1.29 is 9.47 Å². The molecule has 3 rings (SSSR count). The smallest absolute Gasteiger partial charge is 0.231 e. The lowest BCUT2D eigenvalue weighted by atomic mass is 10.00. The lowest BCUT2D eigenvalue weighted by Crippen LogP contribution is -2.40. The summed E-state index contributed by atoms with van der Waals surface area (Å²) in [5.74, 6) is 1.55. The standard InChI is InChI=1S/C18H27N3O2S/c1-2-15-6-3-4-10-21(15)11-5-9-19-18(24)20-14-7-8-16-17(12-14)23-13-22-16/h7-8,12,15H,2-6,9-11,13H2,1H3,(H2,19,20,24). The third-order valence-electron chi connectivity index (χ3n) is 4.76. The van der Waals surface area contributed by atoms with Gasteiger partial charge in [-0.15, -0.1) is 0 Å². The van der Waals surface area contributed by atoms with Gasteiger partial charge in [0.1, 0.15) is 0 Å². The fourth-order valence-electron chi connectivity index (χ4n) is 3.45. The van der Waals surface area contributed by atoms with E-state index in [1.54, 1.807) is 0 Å². The van der Waals surface area contributed by atoms with Crippen LogP contribution < -0.4 is 20.1 Å². The molecule has 0 saturated carbocycles. The highest BCUT2D eigenvalue weighted by Gasteiger charge is 2.19. The molecule has 2 heterocycles. The lowest BCUT2D eigenvalue weighted by molar-refractivity contribution is 0.143. The van der Waals surface area contributed by atoms with Gasteiger partial charge in [-0.25, -0.2) is 0 Å². The number of rotatable bonds is 6. The molecule has 2 N–H and O–H groups in total. The van der Waals surface area contributed by atoms with Crippen molar-refractivity contribution in [1.82, 2.24) is 10.2 Å². The van der Waals surface area contributed by atoms with Gasteiger partial charge in [-0.3, -0.25) is 0 Å². The van der Waals surface area contributed by atoms with Crippen molar-refractivity contribution in [2.24, 2.45) is 0 Å². The van der Waals surface area contributed by atoms with E-state index in [1.807, 2.05) is 18.2 Å². The summed E-state index contributed by atoms with van der Waals surface area (Å²) in [6.45, 7) is 5.88. The summed E-state index contributed by atoms with van der Waals surface area (Å²) in [6.07, 6.45) is 6.45. The molecule has 1 unspecified atom stereocenters. The van der Waals surface area contributed by atoms with E-state index in [1.165, 1.54) is 32.2 Å². The number of likely N-dealkylation sites (tertiary alicyclic amines) is 1. The SMILES string of the molecule is CCC1CCCCN1CCCNC(=S)Nc1ccc2c(c1)OCO2. The van der Waals surface area contributed by atoms with Gasteiger partial charge in [-0.05, 0) is 56.6 Å². The van der Waals surface area contributed by atoms with Crippen LogP contribution in [-0.2, 0) is 0 Å². The number of anilines is 1. The molecule has 0 radical (unpaired) electrons. The predicted molar refractivity (Wildman–Crippen MR) is 101 cm³/mol. The molecular weight excluding hydrogens is 322 g/mol. The number of thiocarbonyl (C=S) groups is 1. The van der Waals surface area contributed by atoms with Crippen LogP contribution in [0.1, 0.15) is 39.0 Å². The Morgan fingerprint density at radius 2 is 2.17 bits per heavy atom. The molecule has 0 aromatic heterocycles. The summed E-state index contributed by atoms with van der Waals surface area (Å²) in [5, 5.41) is 7.15. The number of benzene rings is 1. The topological polar surface area (TPSA) is 45.8 Å². The number of hydrogen-bond donors (Lipinski definition) is 2. The van der Waals surface area contributed by atoms with E-state index in [4.69, 9.17) is 21.7 Å². The maximum Gasteiger partial charge on any atom is 0.231 e. The second kappa shape index (κ2) is 8.53. The fourth-order valence-corrected chi connectivity index (χ4v) is 3.67. The molecule has 24 heavy (non-hydrogen) atoms. The van der Waals surface area contributed by atoms with Gasteiger partial charge in [-0.1, -0.05) is 13.3 Å². The molecule has 132 valence electrons. The Balaban J connectivity index is 1.36. The van der Waals surface area contributed by atoms with Crippen molar-refractivity contribution in [1.29, 1.82) is 0 Å². The Kier molecular flexibility index (Phi) is 6.15. The minimum absolute atomic E-state index is 0.288. The van der Waals surface area contributed by atoms with Crippen LogP contribution in [-0.4, -0.2) is 42.5 Å². The van der Waals surface area contributed by atoms with Crippen LogP contribution in [0.15, 0.2) is 18.2 Å². The van der Waals surface area contributed by atoms with Gasteiger partial charge in [0.15, 0.2) is 16.6 Å². The zero-order valence-electron chi connectivity index (χ0n) is 14.3. The summed E-state index contributed by atoms with van der Waals surface area (Å²) in [4.78, 5) is 2.64. The third-order valence-corrected chi connectivity index (χ3v) is 5.00. The molecule has 1 fully saturated rings. The van der Waals surface area contributed by atoms with E-state index >= 15 is 0 Å². The van der Waals surface area contributed by atoms with Crippen molar-refractivity contribution in [3.63, 3.8) is 0 Å². The van der Waals surface area contributed by atoms with Gasteiger partial charge in [0.05, 0.1) is 0 Å². The van der Waals surface area contributed by atoms with Crippen molar-refractivity contribution in [2.75, 3.05) is 31.7 Å². The molecule has 1 atom stereocenters. The molecule has 1 saturated heterocycles. The quantitative estimate of drug-likeness (QED) is 0.607. The molecule has 1 aromatic carbocycles. The molecule has 0 spiro atoms. The van der Waals surface area contributed by atoms with Crippen LogP contribution in [0.2, 0.25) is 0 Å². The minimum atomic E-state index is 0.288. The van der Waals surface area contributed by atoms with Crippen LogP contribution in [0.25, 0.3) is 0 Å². The van der Waals surface area contributed by atoms with Crippen LogP contribution in [0.3, 0.4) is 0 Å². The predicted octanol–water partition coefficient (Wildman–Crippen LogP) is 3.36. The Morgan fingerprint density at radius 1 is 1.29 bits per heavy atom. The minimum Gasteiger partial charge on any atom is -0.454 e. The zero-order valence-corrected chi connectivity index (χ0v) is 15.2. The van der Waals surface area contributed by atoms with Crippen molar-refractivity contribution in [3.05, 3.63) is 18.2 Å². The van der Waals surface area contributed by atoms with Crippen LogP contribution in [0.4, 0.5) is 5.69 Å². The zero-order chi connectivity index (χ0) is 16.8. The van der Waals surface area contributed by atoms with Gasteiger partial charge in [-0.2, -0.15) is 0 Å². The second-order valence-corrected chi connectivity index (χ2v) is 6.80. The van der Waals surface area contributed by atoms with Gasteiger partial charge >= 0.3 is 0 Å². The largest absolute Gasteiger partial charge is 0.454 e. The van der Waals surface area contributed by atoms with Gasteiger partial charge in [0, 0.05) is 30.9 Å². The molecule has 2 aliphatic rings. The highest BCUT2D eigenvalue weighted by atomic mass is 32.1. The number of fused-ring (bicyclic) bond motifs is 1. The highest BCUT2D eigenvalue weighted by molar-refractivity contribution is 7.80. The van der Waals surface area contributed by atoms with Crippen LogP contribution in [0.5, 0.6) is 11.5 Å². The second-order valence-electron chi connectivity index (χ2n) is 6.40. The molecule has 0 amide bonds. The van der Waals surface area contributed by atoms with E-state index in [9.17, 15) is 0 Å². The summed E-state index contributed by atoms with van der Waals surface area (Å²) >= 11 is 5.37. The molecule has 0 bridgehead atoms. The van der Waals surface area contributed by atoms with Crippen molar-refractivity contribution in [3.8, 4) is 11.5 Å². The Labute approximate surface area is 149 Å². The van der Waals surface area contributed by atoms with Gasteiger partial charge < -0.3 is 25.0 Å². The van der Waals surface area contributed by atoms with E-state index in [0.717, 1.165) is 42.7 Å². The van der Waals surface area contributed by atoms with Crippen LogP contribution >= 0.6 is 12.2 Å². The van der Waals surface area contributed by atoms with E-state index in [0.29, 0.717) is 5.11 Å². The fraction of sp³-hybridized carbons (Fsp3) is 0.611. The average Bonchev–Trinajstić information content (AvgIpc) is 3.07. The number of piperidine rings is 1. The molecule has 1 aromatic rings. The molecular formula is C18H27N3O2S. The number of nitrogens with zero attached hydrogens (tertiary/aromatic N) is 1. The van der Waals surface area contributed by atoms with Crippen molar-refractivity contribution in [2.45, 2.75) is 45.1 Å². The first kappa shape index (κ1) is 17.3. The Hall–Kier alpha value is -1.53. The number of hydrogen-bond acceptors (Lipinski definition) is 4. The molecule has 0 aliphatic carbocycles. The first-order chi connectivity index (χ1) is 11.8. The summed E-state index contributed by atoms with van der Waals surface area (Å²) in [5.41, 5.74) is 0.916. The monoisotopic (exact) mass is 349 g/mol. The molecule has 2 aliphatic heterocycles. The third kappa shape index (κ3) is 4.51. The van der Waals surface area contributed by atoms with E-state index in [2.05, 4.69) is 22.5 Å².